The van der Waals surface area contributed by atoms with Crippen LogP contribution >= 0.6 is 0 Å². The molecule has 24 heavy (non-hydrogen) atoms. The van der Waals surface area contributed by atoms with Crippen molar-refractivity contribution in [2.45, 2.75) is 33.2 Å². The molecule has 1 aliphatic rings. The highest BCUT2D eigenvalue weighted by molar-refractivity contribution is 5.92. The summed E-state index contributed by atoms with van der Waals surface area (Å²) in [6, 6.07) is 7.48. The standard InChI is InChI=1S/C18H27N3O3/c1-13(2)16(22)21-15-5-3-14(4-6-15)11-20-17(23)18(12-19)7-9-24-10-8-18/h3-6,13H,7-12,19H2,1-2H3,(H,20,23)(H,21,22). The number of hydrogen-bond donors (Lipinski definition) is 3. The number of nitrogens with one attached hydrogen (secondary N) is 2. The van der Waals surface area contributed by atoms with Gasteiger partial charge in [-0.1, -0.05) is 26.0 Å². The van der Waals surface area contributed by atoms with E-state index >= 15 is 0 Å². The number of anilines is 1. The molecule has 1 aromatic carbocycles. The number of ether oxygens (including phenoxy) is 1. The summed E-state index contributed by atoms with van der Waals surface area (Å²) in [5.41, 5.74) is 7.06. The van der Waals surface area contributed by atoms with Crippen LogP contribution in [0.3, 0.4) is 0 Å². The number of rotatable bonds is 6. The van der Waals surface area contributed by atoms with E-state index in [0.717, 1.165) is 11.3 Å². The first-order chi connectivity index (χ1) is 11.5. The van der Waals surface area contributed by atoms with Gasteiger partial charge in [0.05, 0.1) is 5.41 Å². The Morgan fingerprint density at radius 1 is 1.21 bits per heavy atom. The lowest BCUT2D eigenvalue weighted by molar-refractivity contribution is -0.136. The van der Waals surface area contributed by atoms with Gasteiger partial charge in [-0.05, 0) is 30.5 Å². The molecule has 1 saturated heterocycles. The molecule has 0 unspecified atom stereocenters. The lowest BCUT2D eigenvalue weighted by Crippen LogP contribution is -2.48. The van der Waals surface area contributed by atoms with Crippen molar-refractivity contribution in [3.8, 4) is 0 Å². The Bertz CT molecular complexity index is 563. The number of carbonyl (C=O) groups is 2. The molecule has 0 spiro atoms. The minimum atomic E-state index is -0.510. The fraction of sp³-hybridized carbons (Fsp3) is 0.556. The van der Waals surface area contributed by atoms with Gasteiger partial charge in [-0.2, -0.15) is 0 Å². The molecule has 1 fully saturated rings. The van der Waals surface area contributed by atoms with Crippen molar-refractivity contribution in [2.75, 3.05) is 25.1 Å². The van der Waals surface area contributed by atoms with Gasteiger partial charge in [0.2, 0.25) is 11.8 Å². The minimum absolute atomic E-state index is 0.00881. The van der Waals surface area contributed by atoms with Crippen LogP contribution in [0.25, 0.3) is 0 Å². The fourth-order valence-electron chi connectivity index (χ4n) is 2.65. The van der Waals surface area contributed by atoms with Crippen molar-refractivity contribution < 1.29 is 14.3 Å². The van der Waals surface area contributed by atoms with E-state index in [1.54, 1.807) is 0 Å². The SMILES string of the molecule is CC(C)C(=O)Nc1ccc(CNC(=O)C2(CN)CCOCC2)cc1. The van der Waals surface area contributed by atoms with E-state index in [0.29, 0.717) is 39.1 Å². The molecule has 0 saturated carbocycles. The maximum Gasteiger partial charge on any atom is 0.227 e. The van der Waals surface area contributed by atoms with E-state index in [1.807, 2.05) is 38.1 Å². The van der Waals surface area contributed by atoms with Crippen LogP contribution in [0.1, 0.15) is 32.3 Å². The van der Waals surface area contributed by atoms with Crippen LogP contribution in [0.4, 0.5) is 5.69 Å². The summed E-state index contributed by atoms with van der Waals surface area (Å²) in [5, 5.41) is 5.82. The Morgan fingerprint density at radius 2 is 1.83 bits per heavy atom. The highest BCUT2D eigenvalue weighted by Gasteiger charge is 2.38. The van der Waals surface area contributed by atoms with Gasteiger partial charge >= 0.3 is 0 Å². The largest absolute Gasteiger partial charge is 0.381 e. The van der Waals surface area contributed by atoms with Gasteiger partial charge in [0.15, 0.2) is 0 Å². The third-order valence-electron chi connectivity index (χ3n) is 4.52. The first-order valence-electron chi connectivity index (χ1n) is 8.43. The number of benzene rings is 1. The molecule has 0 radical (unpaired) electrons. The average Bonchev–Trinajstić information content (AvgIpc) is 2.61. The molecule has 6 nitrogen and oxygen atoms in total. The number of amides is 2. The van der Waals surface area contributed by atoms with Crippen molar-refractivity contribution in [3.05, 3.63) is 29.8 Å². The summed E-state index contributed by atoms with van der Waals surface area (Å²) in [6.45, 7) is 5.64. The van der Waals surface area contributed by atoms with Gasteiger partial charge in [0.25, 0.3) is 0 Å². The van der Waals surface area contributed by atoms with Gasteiger partial charge in [0, 0.05) is 37.9 Å². The van der Waals surface area contributed by atoms with Crippen LogP contribution in [0.2, 0.25) is 0 Å². The highest BCUT2D eigenvalue weighted by Crippen LogP contribution is 2.29. The van der Waals surface area contributed by atoms with Crippen molar-refractivity contribution in [1.29, 1.82) is 0 Å². The summed E-state index contributed by atoms with van der Waals surface area (Å²) >= 11 is 0. The highest BCUT2D eigenvalue weighted by atomic mass is 16.5. The normalized spacial score (nSPS) is 16.7. The number of nitrogens with two attached hydrogens (primary N) is 1. The molecule has 2 amide bonds. The quantitative estimate of drug-likeness (QED) is 0.738. The van der Waals surface area contributed by atoms with Crippen LogP contribution in [-0.2, 0) is 20.9 Å². The first-order valence-corrected chi connectivity index (χ1v) is 8.43. The van der Waals surface area contributed by atoms with E-state index < -0.39 is 5.41 Å². The molecule has 0 aliphatic carbocycles. The van der Waals surface area contributed by atoms with Gasteiger partial charge in [-0.3, -0.25) is 9.59 Å². The van der Waals surface area contributed by atoms with Crippen molar-refractivity contribution in [3.63, 3.8) is 0 Å². The predicted octanol–water partition coefficient (Wildman–Crippen LogP) is 1.65. The molecule has 0 atom stereocenters. The molecule has 1 aromatic rings. The lowest BCUT2D eigenvalue weighted by atomic mass is 9.79. The summed E-state index contributed by atoms with van der Waals surface area (Å²) in [7, 11) is 0. The average molecular weight is 333 g/mol. The van der Waals surface area contributed by atoms with Crippen LogP contribution in [-0.4, -0.2) is 31.6 Å². The maximum atomic E-state index is 12.5. The number of hydrogen-bond acceptors (Lipinski definition) is 4. The molecule has 2 rings (SSSR count). The minimum Gasteiger partial charge on any atom is -0.381 e. The second kappa shape index (κ2) is 8.26. The van der Waals surface area contributed by atoms with Gasteiger partial charge in [-0.15, -0.1) is 0 Å². The van der Waals surface area contributed by atoms with Crippen LogP contribution in [0, 0.1) is 11.3 Å². The van der Waals surface area contributed by atoms with E-state index in [4.69, 9.17) is 10.5 Å². The second-order valence-electron chi connectivity index (χ2n) is 6.62. The smallest absolute Gasteiger partial charge is 0.227 e. The Hall–Kier alpha value is -1.92. The Labute approximate surface area is 143 Å². The van der Waals surface area contributed by atoms with E-state index in [-0.39, 0.29) is 17.7 Å². The van der Waals surface area contributed by atoms with Gasteiger partial charge < -0.3 is 21.1 Å². The van der Waals surface area contributed by atoms with Crippen molar-refractivity contribution >= 4 is 17.5 Å². The summed E-state index contributed by atoms with van der Waals surface area (Å²) in [6.07, 6.45) is 1.32. The Balaban J connectivity index is 1.89. The number of carbonyl (C=O) groups excluding carboxylic acids is 2. The summed E-state index contributed by atoms with van der Waals surface area (Å²) in [5.74, 6) is -0.0816. The monoisotopic (exact) mass is 333 g/mol. The molecule has 6 heteroatoms. The van der Waals surface area contributed by atoms with Crippen LogP contribution < -0.4 is 16.4 Å². The zero-order valence-electron chi connectivity index (χ0n) is 14.4. The molecule has 4 N–H and O–H groups in total. The first kappa shape index (κ1) is 18.4. The molecule has 0 aromatic heterocycles. The maximum absolute atomic E-state index is 12.5. The molecule has 132 valence electrons. The molecule has 0 bridgehead atoms. The summed E-state index contributed by atoms with van der Waals surface area (Å²) in [4.78, 5) is 24.2. The van der Waals surface area contributed by atoms with E-state index in [2.05, 4.69) is 10.6 Å². The van der Waals surface area contributed by atoms with E-state index in [9.17, 15) is 9.59 Å². The molecular weight excluding hydrogens is 306 g/mol. The lowest BCUT2D eigenvalue weighted by Gasteiger charge is -2.34. The Kier molecular flexibility index (Phi) is 6.34. The van der Waals surface area contributed by atoms with Crippen LogP contribution in [0.15, 0.2) is 24.3 Å². The summed E-state index contributed by atoms with van der Waals surface area (Å²) < 4.78 is 5.33. The van der Waals surface area contributed by atoms with E-state index in [1.165, 1.54) is 0 Å². The van der Waals surface area contributed by atoms with Crippen LogP contribution in [0.5, 0.6) is 0 Å². The zero-order valence-corrected chi connectivity index (χ0v) is 14.4. The molecule has 1 aliphatic heterocycles. The topological polar surface area (TPSA) is 93.5 Å². The predicted molar refractivity (Wildman–Crippen MR) is 93.3 cm³/mol. The van der Waals surface area contributed by atoms with Gasteiger partial charge in [-0.25, -0.2) is 0 Å². The Morgan fingerprint density at radius 3 is 2.38 bits per heavy atom. The van der Waals surface area contributed by atoms with Crippen molar-refractivity contribution in [1.82, 2.24) is 5.32 Å². The third-order valence-corrected chi connectivity index (χ3v) is 4.52. The van der Waals surface area contributed by atoms with Crippen molar-refractivity contribution in [2.24, 2.45) is 17.1 Å². The zero-order chi connectivity index (χ0) is 17.6. The molecule has 1 heterocycles. The molecular formula is C18H27N3O3. The fourth-order valence-corrected chi connectivity index (χ4v) is 2.65. The van der Waals surface area contributed by atoms with Gasteiger partial charge in [0.1, 0.15) is 0 Å². The second-order valence-corrected chi connectivity index (χ2v) is 6.62. The third kappa shape index (κ3) is 4.55.